The van der Waals surface area contributed by atoms with Crippen molar-refractivity contribution in [2.24, 2.45) is 5.41 Å². The molecule has 0 radical (unpaired) electrons. The summed E-state index contributed by atoms with van der Waals surface area (Å²) in [5.74, 6) is -2.33. The van der Waals surface area contributed by atoms with Crippen molar-refractivity contribution in [3.05, 3.63) is 0 Å². The second kappa shape index (κ2) is 6.64. The smallest absolute Gasteiger partial charge is 0.406 e. The van der Waals surface area contributed by atoms with E-state index in [1.807, 2.05) is 13.8 Å². The van der Waals surface area contributed by atoms with E-state index in [1.165, 1.54) is 0 Å². The zero-order valence-corrected chi connectivity index (χ0v) is 12.2. The van der Waals surface area contributed by atoms with E-state index in [-0.39, 0.29) is 19.0 Å². The molecule has 0 aliphatic carbocycles. The molecule has 21 heavy (non-hydrogen) atoms. The molecule has 1 heterocycles. The van der Waals surface area contributed by atoms with Crippen LogP contribution in [0.3, 0.4) is 0 Å². The van der Waals surface area contributed by atoms with Crippen LogP contribution >= 0.6 is 0 Å². The topological polar surface area (TPSA) is 69.6 Å². The molecule has 0 aromatic rings. The minimum absolute atomic E-state index is 0.118. The molecule has 8 heteroatoms. The molecule has 1 saturated heterocycles. The van der Waals surface area contributed by atoms with Crippen LogP contribution in [0.25, 0.3) is 0 Å². The maximum absolute atomic E-state index is 13.0. The lowest BCUT2D eigenvalue weighted by Crippen LogP contribution is -2.47. The number of carboxylic acid groups (broad SMARTS) is 1. The Morgan fingerprint density at radius 2 is 2.00 bits per heavy atom. The zero-order chi connectivity index (χ0) is 16.3. The van der Waals surface area contributed by atoms with Gasteiger partial charge in [-0.15, -0.1) is 0 Å². The standard InChI is InChI=1S/C13H21F3N2O3/c1-9(2)17-6-3-4-10(19)18-7-5-12(8-18,11(20)21)13(14,15)16/h9,17H,3-8H2,1-2H3,(H,20,21). The first-order valence-corrected chi connectivity index (χ1v) is 6.91. The monoisotopic (exact) mass is 310 g/mol. The summed E-state index contributed by atoms with van der Waals surface area (Å²) in [5, 5.41) is 12.0. The Balaban J connectivity index is 2.56. The van der Waals surface area contributed by atoms with Crippen molar-refractivity contribution >= 4 is 11.9 Å². The minimum Gasteiger partial charge on any atom is -0.481 e. The second-order valence-electron chi connectivity index (χ2n) is 5.66. The molecule has 1 aliphatic rings. The fraction of sp³-hybridized carbons (Fsp3) is 0.846. The first-order chi connectivity index (χ1) is 9.60. The Morgan fingerprint density at radius 1 is 1.38 bits per heavy atom. The first kappa shape index (κ1) is 17.7. The molecule has 1 rings (SSSR count). The van der Waals surface area contributed by atoms with Gasteiger partial charge in [0.05, 0.1) is 0 Å². The van der Waals surface area contributed by atoms with E-state index < -0.39 is 36.4 Å². The number of halogens is 3. The van der Waals surface area contributed by atoms with Crippen LogP contribution in [0.2, 0.25) is 0 Å². The lowest BCUT2D eigenvalue weighted by atomic mass is 9.86. The van der Waals surface area contributed by atoms with Gasteiger partial charge in [0, 0.05) is 25.6 Å². The van der Waals surface area contributed by atoms with Gasteiger partial charge in [0.1, 0.15) is 0 Å². The number of hydrogen-bond acceptors (Lipinski definition) is 3. The van der Waals surface area contributed by atoms with E-state index >= 15 is 0 Å². The fourth-order valence-electron chi connectivity index (χ4n) is 2.34. The quantitative estimate of drug-likeness (QED) is 0.732. The number of alkyl halides is 3. The van der Waals surface area contributed by atoms with Gasteiger partial charge in [0.25, 0.3) is 0 Å². The third kappa shape index (κ3) is 4.09. The predicted octanol–water partition coefficient (Wildman–Crippen LogP) is 1.63. The molecule has 1 fully saturated rings. The van der Waals surface area contributed by atoms with Crippen molar-refractivity contribution in [2.75, 3.05) is 19.6 Å². The van der Waals surface area contributed by atoms with Crippen molar-refractivity contribution in [2.45, 2.75) is 45.3 Å². The summed E-state index contributed by atoms with van der Waals surface area (Å²) in [6.45, 7) is 3.55. The Hall–Kier alpha value is -1.31. The Labute approximate surface area is 121 Å². The Bertz CT molecular complexity index is 399. The van der Waals surface area contributed by atoms with Gasteiger partial charge in [-0.1, -0.05) is 13.8 Å². The molecular formula is C13H21F3N2O3. The first-order valence-electron chi connectivity index (χ1n) is 6.91. The number of carbonyl (C=O) groups is 2. The van der Waals surface area contributed by atoms with Crippen molar-refractivity contribution in [1.29, 1.82) is 0 Å². The summed E-state index contributed by atoms with van der Waals surface area (Å²) in [6.07, 6.45) is -4.80. The van der Waals surface area contributed by atoms with Crippen LogP contribution in [0.1, 0.15) is 33.1 Å². The lowest BCUT2D eigenvalue weighted by Gasteiger charge is -2.27. The van der Waals surface area contributed by atoms with Crippen LogP contribution < -0.4 is 5.32 Å². The van der Waals surface area contributed by atoms with E-state index in [1.54, 1.807) is 0 Å². The molecule has 122 valence electrons. The summed E-state index contributed by atoms with van der Waals surface area (Å²) in [5.41, 5.74) is -2.82. The highest BCUT2D eigenvalue weighted by Gasteiger charge is 2.64. The number of nitrogens with one attached hydrogen (secondary N) is 1. The number of nitrogens with zero attached hydrogens (tertiary/aromatic N) is 1. The molecule has 1 atom stereocenters. The number of hydrogen-bond donors (Lipinski definition) is 2. The predicted molar refractivity (Wildman–Crippen MR) is 69.7 cm³/mol. The van der Waals surface area contributed by atoms with E-state index in [0.717, 1.165) is 4.90 Å². The van der Waals surface area contributed by atoms with Gasteiger partial charge in [-0.2, -0.15) is 13.2 Å². The second-order valence-corrected chi connectivity index (χ2v) is 5.66. The third-order valence-electron chi connectivity index (χ3n) is 3.69. The molecule has 2 N–H and O–H groups in total. The normalized spacial score (nSPS) is 22.9. The number of carbonyl (C=O) groups excluding carboxylic acids is 1. The largest absolute Gasteiger partial charge is 0.481 e. The number of likely N-dealkylation sites (tertiary alicyclic amines) is 1. The van der Waals surface area contributed by atoms with Gasteiger partial charge in [-0.25, -0.2) is 0 Å². The van der Waals surface area contributed by atoms with Crippen LogP contribution in [0, 0.1) is 5.41 Å². The number of amides is 1. The number of carboxylic acids is 1. The Kier molecular flexibility index (Phi) is 5.61. The van der Waals surface area contributed by atoms with E-state index in [2.05, 4.69) is 5.32 Å². The Morgan fingerprint density at radius 3 is 2.43 bits per heavy atom. The fourth-order valence-corrected chi connectivity index (χ4v) is 2.34. The van der Waals surface area contributed by atoms with Crippen molar-refractivity contribution < 1.29 is 27.9 Å². The van der Waals surface area contributed by atoms with Gasteiger partial charge >= 0.3 is 12.1 Å². The van der Waals surface area contributed by atoms with Crippen molar-refractivity contribution in [3.8, 4) is 0 Å². The molecule has 0 aromatic heterocycles. The van der Waals surface area contributed by atoms with Gasteiger partial charge in [-0.05, 0) is 19.4 Å². The van der Waals surface area contributed by atoms with Gasteiger partial charge < -0.3 is 15.3 Å². The molecule has 5 nitrogen and oxygen atoms in total. The summed E-state index contributed by atoms with van der Waals surface area (Å²) >= 11 is 0. The molecule has 0 aromatic carbocycles. The number of rotatable bonds is 6. The van der Waals surface area contributed by atoms with Crippen LogP contribution in [-0.4, -0.2) is 53.7 Å². The summed E-state index contributed by atoms with van der Waals surface area (Å²) in [7, 11) is 0. The molecule has 0 saturated carbocycles. The maximum atomic E-state index is 13.0. The molecule has 1 unspecified atom stereocenters. The molecule has 1 amide bonds. The van der Waals surface area contributed by atoms with E-state index in [4.69, 9.17) is 5.11 Å². The lowest BCUT2D eigenvalue weighted by molar-refractivity contribution is -0.227. The van der Waals surface area contributed by atoms with Gasteiger partial charge in [-0.3, -0.25) is 9.59 Å². The zero-order valence-electron chi connectivity index (χ0n) is 12.2. The molecule has 1 aliphatic heterocycles. The summed E-state index contributed by atoms with van der Waals surface area (Å²) < 4.78 is 38.9. The van der Waals surface area contributed by atoms with Crippen LogP contribution in [0.4, 0.5) is 13.2 Å². The average Bonchev–Trinajstić information content (AvgIpc) is 2.80. The molecule has 0 bridgehead atoms. The summed E-state index contributed by atoms with van der Waals surface area (Å²) in [6, 6.07) is 0.275. The highest BCUT2D eigenvalue weighted by molar-refractivity contribution is 5.81. The minimum atomic E-state index is -4.85. The van der Waals surface area contributed by atoms with Crippen molar-refractivity contribution in [1.82, 2.24) is 10.2 Å². The third-order valence-corrected chi connectivity index (χ3v) is 3.69. The highest BCUT2D eigenvalue weighted by Crippen LogP contribution is 2.45. The number of aliphatic carboxylic acids is 1. The van der Waals surface area contributed by atoms with Crippen molar-refractivity contribution in [3.63, 3.8) is 0 Å². The molecule has 0 spiro atoms. The average molecular weight is 310 g/mol. The maximum Gasteiger partial charge on any atom is 0.406 e. The summed E-state index contributed by atoms with van der Waals surface area (Å²) in [4.78, 5) is 23.9. The SMILES string of the molecule is CC(C)NCCCC(=O)N1CCC(C(=O)O)(C(F)(F)F)C1. The van der Waals surface area contributed by atoms with Gasteiger partial charge in [0.2, 0.25) is 5.91 Å². The van der Waals surface area contributed by atoms with Gasteiger partial charge in [0.15, 0.2) is 5.41 Å². The van der Waals surface area contributed by atoms with E-state index in [9.17, 15) is 22.8 Å². The highest BCUT2D eigenvalue weighted by atomic mass is 19.4. The molecular weight excluding hydrogens is 289 g/mol. The van der Waals surface area contributed by atoms with E-state index in [0.29, 0.717) is 13.0 Å². The van der Waals surface area contributed by atoms with Crippen LogP contribution in [-0.2, 0) is 9.59 Å². The van der Waals surface area contributed by atoms with Crippen LogP contribution in [0.15, 0.2) is 0 Å². The van der Waals surface area contributed by atoms with Crippen LogP contribution in [0.5, 0.6) is 0 Å².